The fourth-order valence-electron chi connectivity index (χ4n) is 1.78. The van der Waals surface area contributed by atoms with Gasteiger partial charge in [0.05, 0.1) is 12.2 Å². The van der Waals surface area contributed by atoms with Gasteiger partial charge in [0.25, 0.3) is 0 Å². The normalized spacial score (nSPS) is 11.5. The van der Waals surface area contributed by atoms with Crippen molar-refractivity contribution in [2.24, 2.45) is 0 Å². The van der Waals surface area contributed by atoms with Gasteiger partial charge in [-0.15, -0.1) is 0 Å². The van der Waals surface area contributed by atoms with Crippen LogP contribution in [0.3, 0.4) is 0 Å². The van der Waals surface area contributed by atoms with Crippen LogP contribution in [0.2, 0.25) is 0 Å². The Labute approximate surface area is 127 Å². The molecule has 0 aliphatic heterocycles. The van der Waals surface area contributed by atoms with Crippen LogP contribution in [0, 0.1) is 5.82 Å². The number of alkyl halides is 3. The number of hydrogen-bond acceptors (Lipinski definition) is 1. The minimum absolute atomic E-state index is 0.0797. The van der Waals surface area contributed by atoms with Crippen molar-refractivity contribution in [3.8, 4) is 5.75 Å². The smallest absolute Gasteiger partial charge is 0.420 e. The Morgan fingerprint density at radius 1 is 1.00 bits per heavy atom. The molecule has 0 bridgehead atoms. The molecule has 0 heterocycles. The van der Waals surface area contributed by atoms with Crippen LogP contribution >= 0.6 is 15.9 Å². The molecule has 2 rings (SSSR count). The molecule has 112 valence electrons. The Morgan fingerprint density at radius 3 is 2.29 bits per heavy atom. The van der Waals surface area contributed by atoms with E-state index in [4.69, 9.17) is 4.74 Å². The molecule has 21 heavy (non-hydrogen) atoms. The molecule has 0 fully saturated rings. The Kier molecular flexibility index (Phi) is 4.88. The highest BCUT2D eigenvalue weighted by molar-refractivity contribution is 9.10. The average molecular weight is 363 g/mol. The van der Waals surface area contributed by atoms with Crippen LogP contribution in [0.5, 0.6) is 5.75 Å². The molecular formula is C15H11BrF4O. The van der Waals surface area contributed by atoms with Crippen molar-refractivity contribution in [2.75, 3.05) is 6.61 Å². The third-order valence-electron chi connectivity index (χ3n) is 2.81. The van der Waals surface area contributed by atoms with E-state index in [0.29, 0.717) is 10.9 Å². The maximum absolute atomic E-state index is 12.9. The second-order valence-corrected chi connectivity index (χ2v) is 5.28. The molecule has 0 N–H and O–H groups in total. The van der Waals surface area contributed by atoms with Gasteiger partial charge in [0.1, 0.15) is 11.6 Å². The topological polar surface area (TPSA) is 9.23 Å². The molecule has 2 aromatic rings. The van der Waals surface area contributed by atoms with Crippen molar-refractivity contribution in [3.63, 3.8) is 0 Å². The first-order chi connectivity index (χ1) is 9.86. The van der Waals surface area contributed by atoms with Crippen molar-refractivity contribution in [1.29, 1.82) is 0 Å². The summed E-state index contributed by atoms with van der Waals surface area (Å²) in [5.74, 6) is -0.570. The lowest BCUT2D eigenvalue weighted by Crippen LogP contribution is -2.10. The van der Waals surface area contributed by atoms with Gasteiger partial charge in [0.15, 0.2) is 0 Å². The van der Waals surface area contributed by atoms with E-state index in [1.54, 1.807) is 12.1 Å². The van der Waals surface area contributed by atoms with Gasteiger partial charge in [0, 0.05) is 10.9 Å². The van der Waals surface area contributed by atoms with Crippen LogP contribution < -0.4 is 4.74 Å². The summed E-state index contributed by atoms with van der Waals surface area (Å²) >= 11 is 3.01. The van der Waals surface area contributed by atoms with Gasteiger partial charge in [-0.2, -0.15) is 13.2 Å². The van der Waals surface area contributed by atoms with E-state index >= 15 is 0 Å². The maximum atomic E-state index is 12.9. The zero-order chi connectivity index (χ0) is 15.5. The van der Waals surface area contributed by atoms with Gasteiger partial charge >= 0.3 is 6.18 Å². The number of benzene rings is 2. The summed E-state index contributed by atoms with van der Waals surface area (Å²) in [5, 5.41) is 0. The Hall–Kier alpha value is -1.56. The number of rotatable bonds is 4. The number of ether oxygens (including phenoxy) is 1. The predicted octanol–water partition coefficient (Wildman–Crippen LogP) is 5.23. The van der Waals surface area contributed by atoms with Crippen molar-refractivity contribution < 1.29 is 22.3 Å². The lowest BCUT2D eigenvalue weighted by molar-refractivity contribution is -0.139. The second-order valence-electron chi connectivity index (χ2n) is 4.36. The monoisotopic (exact) mass is 362 g/mol. The summed E-state index contributed by atoms with van der Waals surface area (Å²) in [6.45, 7) is 0.0797. The third kappa shape index (κ3) is 4.46. The molecule has 0 unspecified atom stereocenters. The SMILES string of the molecule is Fc1ccc(CCOc2ccc(Br)cc2C(F)(F)F)cc1. The Morgan fingerprint density at radius 2 is 1.67 bits per heavy atom. The van der Waals surface area contributed by atoms with Crippen LogP contribution in [0.1, 0.15) is 11.1 Å². The summed E-state index contributed by atoms with van der Waals surface area (Å²) in [6.07, 6.45) is -4.08. The summed E-state index contributed by atoms with van der Waals surface area (Å²) in [7, 11) is 0. The summed E-state index contributed by atoms with van der Waals surface area (Å²) in [6, 6.07) is 9.50. The van der Waals surface area contributed by atoms with Crippen LogP contribution in [0.25, 0.3) is 0 Å². The van der Waals surface area contributed by atoms with E-state index in [1.807, 2.05) is 0 Å². The molecule has 0 saturated carbocycles. The predicted molar refractivity (Wildman–Crippen MR) is 74.7 cm³/mol. The Bertz CT molecular complexity index is 608. The first kappa shape index (κ1) is 15.8. The van der Waals surface area contributed by atoms with E-state index in [9.17, 15) is 17.6 Å². The minimum atomic E-state index is -4.48. The molecule has 0 aliphatic rings. The van der Waals surface area contributed by atoms with Gasteiger partial charge in [-0.1, -0.05) is 28.1 Å². The molecule has 6 heteroatoms. The van der Waals surface area contributed by atoms with Gasteiger partial charge < -0.3 is 4.74 Å². The molecule has 0 atom stereocenters. The quantitative estimate of drug-likeness (QED) is 0.676. The lowest BCUT2D eigenvalue weighted by atomic mass is 10.1. The zero-order valence-electron chi connectivity index (χ0n) is 10.8. The van der Waals surface area contributed by atoms with Crippen molar-refractivity contribution in [3.05, 3.63) is 63.9 Å². The molecule has 0 radical (unpaired) electrons. The van der Waals surface area contributed by atoms with Gasteiger partial charge in [-0.05, 0) is 35.9 Å². The maximum Gasteiger partial charge on any atom is 0.420 e. The van der Waals surface area contributed by atoms with E-state index in [-0.39, 0.29) is 18.2 Å². The molecule has 0 spiro atoms. The summed E-state index contributed by atoms with van der Waals surface area (Å²) in [5.41, 5.74) is -0.0296. The van der Waals surface area contributed by atoms with Crippen LogP contribution in [0.4, 0.5) is 17.6 Å². The second kappa shape index (κ2) is 6.47. The Balaban J connectivity index is 2.05. The highest BCUT2D eigenvalue weighted by Crippen LogP contribution is 2.37. The molecular weight excluding hydrogens is 352 g/mol. The largest absolute Gasteiger partial charge is 0.493 e. The zero-order valence-corrected chi connectivity index (χ0v) is 12.3. The van der Waals surface area contributed by atoms with Crippen LogP contribution in [-0.2, 0) is 12.6 Å². The van der Waals surface area contributed by atoms with Crippen molar-refractivity contribution >= 4 is 15.9 Å². The fourth-order valence-corrected chi connectivity index (χ4v) is 2.14. The van der Waals surface area contributed by atoms with Crippen molar-refractivity contribution in [1.82, 2.24) is 0 Å². The van der Waals surface area contributed by atoms with Gasteiger partial charge in [-0.25, -0.2) is 4.39 Å². The van der Waals surface area contributed by atoms with E-state index < -0.39 is 11.7 Å². The van der Waals surface area contributed by atoms with Gasteiger partial charge in [-0.3, -0.25) is 0 Å². The van der Waals surface area contributed by atoms with E-state index in [0.717, 1.165) is 11.6 Å². The van der Waals surface area contributed by atoms with Crippen LogP contribution in [-0.4, -0.2) is 6.61 Å². The lowest BCUT2D eigenvalue weighted by Gasteiger charge is -2.14. The summed E-state index contributed by atoms with van der Waals surface area (Å²) < 4.78 is 56.9. The molecule has 1 nitrogen and oxygen atoms in total. The fraction of sp³-hybridized carbons (Fsp3) is 0.200. The number of hydrogen-bond donors (Lipinski definition) is 0. The highest BCUT2D eigenvalue weighted by Gasteiger charge is 2.34. The molecule has 0 aromatic heterocycles. The average Bonchev–Trinajstić information content (AvgIpc) is 2.41. The number of halogens is 5. The van der Waals surface area contributed by atoms with E-state index in [1.165, 1.54) is 24.3 Å². The standard InChI is InChI=1S/C15H11BrF4O/c16-11-3-6-14(13(9-11)15(18,19)20)21-8-7-10-1-4-12(17)5-2-10/h1-6,9H,7-8H2. The summed E-state index contributed by atoms with van der Waals surface area (Å²) in [4.78, 5) is 0. The third-order valence-corrected chi connectivity index (χ3v) is 3.30. The van der Waals surface area contributed by atoms with Gasteiger partial charge in [0.2, 0.25) is 0 Å². The first-order valence-corrected chi connectivity index (χ1v) is 6.89. The molecule has 0 aliphatic carbocycles. The molecule has 0 amide bonds. The molecule has 2 aromatic carbocycles. The van der Waals surface area contributed by atoms with E-state index in [2.05, 4.69) is 15.9 Å². The van der Waals surface area contributed by atoms with Crippen molar-refractivity contribution in [2.45, 2.75) is 12.6 Å². The minimum Gasteiger partial charge on any atom is -0.493 e. The van der Waals surface area contributed by atoms with Crippen LogP contribution in [0.15, 0.2) is 46.9 Å². The first-order valence-electron chi connectivity index (χ1n) is 6.10. The molecule has 0 saturated heterocycles. The highest BCUT2D eigenvalue weighted by atomic mass is 79.9.